The number of ketones is 1. The Morgan fingerprint density at radius 1 is 1.22 bits per heavy atom. The molecule has 1 atom stereocenters. The molecule has 1 amide bonds. The Kier molecular flexibility index (Phi) is 6.53. The Labute approximate surface area is 187 Å². The van der Waals surface area contributed by atoms with Gasteiger partial charge in [0, 0.05) is 44.1 Å². The van der Waals surface area contributed by atoms with Gasteiger partial charge in [0.1, 0.15) is 11.5 Å². The number of carbonyl (C=O) groups is 2. The van der Waals surface area contributed by atoms with Gasteiger partial charge in [0.25, 0.3) is 11.7 Å². The molecule has 8 nitrogen and oxygen atoms in total. The van der Waals surface area contributed by atoms with Crippen LogP contribution in [0.4, 0.5) is 0 Å². The summed E-state index contributed by atoms with van der Waals surface area (Å²) in [6.07, 6.45) is 3.27. The molecular weight excluding hydrogens is 410 g/mol. The summed E-state index contributed by atoms with van der Waals surface area (Å²) in [5.41, 5.74) is 2.00. The Morgan fingerprint density at radius 2 is 2.00 bits per heavy atom. The first kappa shape index (κ1) is 22.0. The molecule has 168 valence electrons. The maximum Gasteiger partial charge on any atom is 0.295 e. The molecule has 0 aliphatic carbocycles. The van der Waals surface area contributed by atoms with Gasteiger partial charge in [-0.3, -0.25) is 19.5 Å². The van der Waals surface area contributed by atoms with E-state index in [2.05, 4.69) is 9.88 Å². The number of methoxy groups -OCH3 is 1. The summed E-state index contributed by atoms with van der Waals surface area (Å²) < 4.78 is 10.6. The summed E-state index contributed by atoms with van der Waals surface area (Å²) in [4.78, 5) is 34.1. The van der Waals surface area contributed by atoms with Gasteiger partial charge in [0.2, 0.25) is 0 Å². The molecule has 3 heterocycles. The number of aliphatic hydroxyl groups is 1. The number of likely N-dealkylation sites (tertiary alicyclic amines) is 1. The topological polar surface area (TPSA) is 92.2 Å². The molecule has 1 aromatic carbocycles. The minimum atomic E-state index is -0.703. The first-order valence-electron chi connectivity index (χ1n) is 10.6. The molecule has 2 saturated heterocycles. The van der Waals surface area contributed by atoms with Crippen molar-refractivity contribution in [3.63, 3.8) is 0 Å². The number of aliphatic hydroxyl groups excluding tert-OH is 1. The largest absolute Gasteiger partial charge is 0.507 e. The number of morpholine rings is 1. The van der Waals surface area contributed by atoms with Crippen molar-refractivity contribution in [2.24, 2.45) is 0 Å². The third kappa shape index (κ3) is 4.24. The monoisotopic (exact) mass is 437 g/mol. The van der Waals surface area contributed by atoms with Crippen LogP contribution < -0.4 is 4.74 Å². The number of carbonyl (C=O) groups excluding carboxylic acids is 2. The van der Waals surface area contributed by atoms with Crippen LogP contribution in [0, 0.1) is 6.92 Å². The summed E-state index contributed by atoms with van der Waals surface area (Å²) in [6, 6.07) is 8.07. The molecule has 0 radical (unpaired) electrons. The highest BCUT2D eigenvalue weighted by molar-refractivity contribution is 6.46. The number of hydrogen-bond acceptors (Lipinski definition) is 7. The molecule has 2 aromatic rings. The molecule has 0 unspecified atom stereocenters. The van der Waals surface area contributed by atoms with Gasteiger partial charge in [-0.15, -0.1) is 0 Å². The van der Waals surface area contributed by atoms with Gasteiger partial charge in [-0.25, -0.2) is 0 Å². The molecule has 4 rings (SSSR count). The molecule has 2 aliphatic heterocycles. The lowest BCUT2D eigenvalue weighted by Crippen LogP contribution is -2.42. The standard InChI is InChI=1S/C24H27N3O5/c1-16-14-18(31-2)5-6-19(16)22(28)20-21(17-4-3-7-25-15-17)27(24(30)23(20)29)9-8-26-10-12-32-13-11-26/h3-7,14-15,21,28H,8-13H2,1-2H3/t21-/m1/s1. The van der Waals surface area contributed by atoms with Crippen molar-refractivity contribution < 1.29 is 24.2 Å². The average molecular weight is 437 g/mol. The number of benzene rings is 1. The lowest BCUT2D eigenvalue weighted by molar-refractivity contribution is -0.140. The summed E-state index contributed by atoms with van der Waals surface area (Å²) in [7, 11) is 1.57. The maximum absolute atomic E-state index is 13.1. The number of ether oxygens (including phenoxy) is 2. The maximum atomic E-state index is 13.1. The minimum Gasteiger partial charge on any atom is -0.507 e. The van der Waals surface area contributed by atoms with Crippen molar-refractivity contribution in [3.8, 4) is 5.75 Å². The van der Waals surface area contributed by atoms with Crippen LogP contribution in [-0.2, 0) is 14.3 Å². The van der Waals surface area contributed by atoms with Gasteiger partial charge in [-0.2, -0.15) is 0 Å². The van der Waals surface area contributed by atoms with E-state index in [-0.39, 0.29) is 11.3 Å². The zero-order chi connectivity index (χ0) is 22.7. The number of pyridine rings is 1. The van der Waals surface area contributed by atoms with Crippen LogP contribution in [0.5, 0.6) is 5.75 Å². The van der Waals surface area contributed by atoms with Crippen molar-refractivity contribution in [1.82, 2.24) is 14.8 Å². The molecule has 2 aliphatic rings. The molecule has 0 spiro atoms. The Morgan fingerprint density at radius 3 is 2.66 bits per heavy atom. The van der Waals surface area contributed by atoms with Gasteiger partial charge in [-0.1, -0.05) is 6.07 Å². The lowest BCUT2D eigenvalue weighted by atomic mass is 9.94. The van der Waals surface area contributed by atoms with Crippen molar-refractivity contribution >= 4 is 17.4 Å². The number of aromatic nitrogens is 1. The molecular formula is C24H27N3O5. The third-order valence-corrected chi connectivity index (χ3v) is 5.99. The van der Waals surface area contributed by atoms with Crippen molar-refractivity contribution in [2.75, 3.05) is 46.5 Å². The number of amides is 1. The quantitative estimate of drug-likeness (QED) is 0.421. The molecule has 2 fully saturated rings. The zero-order valence-electron chi connectivity index (χ0n) is 18.3. The van der Waals surface area contributed by atoms with E-state index in [1.807, 2.05) is 13.0 Å². The van der Waals surface area contributed by atoms with Crippen molar-refractivity contribution in [1.29, 1.82) is 0 Å². The van der Waals surface area contributed by atoms with Gasteiger partial charge in [-0.05, 0) is 42.3 Å². The van der Waals surface area contributed by atoms with Crippen molar-refractivity contribution in [3.05, 3.63) is 65.0 Å². The normalized spacial score (nSPS) is 21.2. The lowest BCUT2D eigenvalue weighted by Gasteiger charge is -2.30. The number of aryl methyl sites for hydroxylation is 1. The fourth-order valence-corrected chi connectivity index (χ4v) is 4.24. The first-order valence-corrected chi connectivity index (χ1v) is 10.6. The van der Waals surface area contributed by atoms with E-state index < -0.39 is 17.7 Å². The fourth-order valence-electron chi connectivity index (χ4n) is 4.24. The molecule has 32 heavy (non-hydrogen) atoms. The van der Waals surface area contributed by atoms with Gasteiger partial charge >= 0.3 is 0 Å². The van der Waals surface area contributed by atoms with E-state index in [4.69, 9.17) is 9.47 Å². The SMILES string of the molecule is COc1ccc(C(O)=C2C(=O)C(=O)N(CCN3CCOCC3)[C@@H]2c2cccnc2)c(C)c1. The van der Waals surface area contributed by atoms with E-state index in [1.165, 1.54) is 0 Å². The van der Waals surface area contributed by atoms with Crippen LogP contribution in [0.25, 0.3) is 5.76 Å². The van der Waals surface area contributed by atoms with Crippen LogP contribution in [0.1, 0.15) is 22.7 Å². The Bertz CT molecular complexity index is 1030. The molecule has 8 heteroatoms. The first-order chi connectivity index (χ1) is 15.5. The van der Waals surface area contributed by atoms with Gasteiger partial charge in [0.05, 0.1) is 31.9 Å². The number of hydrogen-bond donors (Lipinski definition) is 1. The second-order valence-electron chi connectivity index (χ2n) is 7.91. The van der Waals surface area contributed by atoms with Crippen LogP contribution in [-0.4, -0.2) is 78.1 Å². The zero-order valence-corrected chi connectivity index (χ0v) is 18.3. The molecule has 0 bridgehead atoms. The summed E-state index contributed by atoms with van der Waals surface area (Å²) in [5, 5.41) is 11.2. The van der Waals surface area contributed by atoms with Crippen LogP contribution in [0.2, 0.25) is 0 Å². The number of Topliss-reactive ketones (excluding diaryl/α,β-unsaturated/α-hetero) is 1. The highest BCUT2D eigenvalue weighted by Gasteiger charge is 2.46. The van der Waals surface area contributed by atoms with E-state index in [0.717, 1.165) is 18.7 Å². The van der Waals surface area contributed by atoms with E-state index >= 15 is 0 Å². The highest BCUT2D eigenvalue weighted by Crippen LogP contribution is 2.39. The highest BCUT2D eigenvalue weighted by atomic mass is 16.5. The predicted octanol–water partition coefficient (Wildman–Crippen LogP) is 2.15. The summed E-state index contributed by atoms with van der Waals surface area (Å²) in [5.74, 6) is -0.839. The molecule has 1 N–H and O–H groups in total. The fraction of sp³-hybridized carbons (Fsp3) is 0.375. The van der Waals surface area contributed by atoms with Crippen molar-refractivity contribution in [2.45, 2.75) is 13.0 Å². The summed E-state index contributed by atoms with van der Waals surface area (Å²) >= 11 is 0. The molecule has 0 saturated carbocycles. The molecule has 1 aromatic heterocycles. The number of nitrogens with zero attached hydrogens (tertiary/aromatic N) is 3. The average Bonchev–Trinajstić information content (AvgIpc) is 3.08. The third-order valence-electron chi connectivity index (χ3n) is 5.99. The van der Waals surface area contributed by atoms with Crippen LogP contribution >= 0.6 is 0 Å². The van der Waals surface area contributed by atoms with Crippen LogP contribution in [0.3, 0.4) is 0 Å². The second kappa shape index (κ2) is 9.50. The van der Waals surface area contributed by atoms with Gasteiger partial charge in [0.15, 0.2) is 0 Å². The minimum absolute atomic E-state index is 0.0817. The van der Waals surface area contributed by atoms with Crippen LogP contribution in [0.15, 0.2) is 48.3 Å². The van der Waals surface area contributed by atoms with Gasteiger partial charge < -0.3 is 19.5 Å². The van der Waals surface area contributed by atoms with E-state index in [0.29, 0.717) is 43.2 Å². The summed E-state index contributed by atoms with van der Waals surface area (Å²) in [6.45, 7) is 5.69. The smallest absolute Gasteiger partial charge is 0.295 e. The second-order valence-corrected chi connectivity index (χ2v) is 7.91. The van der Waals surface area contributed by atoms with E-state index in [1.54, 1.807) is 48.7 Å². The predicted molar refractivity (Wildman–Crippen MR) is 118 cm³/mol. The Balaban J connectivity index is 1.73. The Hall–Kier alpha value is -3.23. The number of rotatable bonds is 6. The van der Waals surface area contributed by atoms with E-state index in [9.17, 15) is 14.7 Å².